The number of hydrogen-bond acceptors (Lipinski definition) is 5. The topological polar surface area (TPSA) is 73.6 Å². The highest BCUT2D eigenvalue weighted by molar-refractivity contribution is 5.55. The number of anilines is 1. The molecule has 0 spiro atoms. The maximum atomic E-state index is 10.9. The third kappa shape index (κ3) is 2.74. The van der Waals surface area contributed by atoms with Crippen molar-refractivity contribution in [3.05, 3.63) is 57.6 Å². The first-order chi connectivity index (χ1) is 10.1. The van der Waals surface area contributed by atoms with Gasteiger partial charge in [0.1, 0.15) is 0 Å². The Kier molecular flexibility index (Phi) is 3.35. The molecule has 1 heterocycles. The molecule has 0 radical (unpaired) electrons. The van der Waals surface area contributed by atoms with Crippen molar-refractivity contribution >= 4 is 11.4 Å². The van der Waals surface area contributed by atoms with Gasteiger partial charge in [0, 0.05) is 29.9 Å². The van der Waals surface area contributed by atoms with Gasteiger partial charge in [-0.1, -0.05) is 12.1 Å². The maximum Gasteiger partial charge on any atom is 0.271 e. The predicted octanol–water partition coefficient (Wildman–Crippen LogP) is 3.24. The number of nitrogens with one attached hydrogen (secondary N) is 1. The lowest BCUT2D eigenvalue weighted by Gasteiger charge is -2.09. The van der Waals surface area contributed by atoms with Crippen LogP contribution in [0.1, 0.15) is 11.1 Å². The van der Waals surface area contributed by atoms with Crippen LogP contribution in [0, 0.1) is 17.0 Å². The summed E-state index contributed by atoms with van der Waals surface area (Å²) in [7, 11) is 0. The lowest BCUT2D eigenvalue weighted by atomic mass is 10.1. The van der Waals surface area contributed by atoms with E-state index in [0.29, 0.717) is 12.2 Å². The van der Waals surface area contributed by atoms with Crippen LogP contribution in [-0.2, 0) is 6.54 Å². The molecule has 6 nitrogen and oxygen atoms in total. The van der Waals surface area contributed by atoms with Gasteiger partial charge in [0.05, 0.1) is 4.92 Å². The zero-order chi connectivity index (χ0) is 14.8. The van der Waals surface area contributed by atoms with Crippen molar-refractivity contribution in [1.82, 2.24) is 0 Å². The third-order valence-electron chi connectivity index (χ3n) is 3.23. The Morgan fingerprint density at radius 2 is 2.14 bits per heavy atom. The number of benzene rings is 2. The summed E-state index contributed by atoms with van der Waals surface area (Å²) in [5.74, 6) is 1.46. The van der Waals surface area contributed by atoms with E-state index in [1.54, 1.807) is 6.07 Å². The summed E-state index contributed by atoms with van der Waals surface area (Å²) in [5.41, 5.74) is 2.58. The molecule has 0 unspecified atom stereocenters. The molecule has 1 aliphatic rings. The van der Waals surface area contributed by atoms with Gasteiger partial charge in [-0.05, 0) is 24.6 Å². The van der Waals surface area contributed by atoms with Crippen molar-refractivity contribution in [3.63, 3.8) is 0 Å². The minimum atomic E-state index is -0.394. The van der Waals surface area contributed by atoms with Crippen LogP contribution >= 0.6 is 0 Å². The lowest BCUT2D eigenvalue weighted by Crippen LogP contribution is -2.02. The van der Waals surface area contributed by atoms with Crippen molar-refractivity contribution < 1.29 is 14.4 Å². The van der Waals surface area contributed by atoms with Gasteiger partial charge >= 0.3 is 0 Å². The summed E-state index contributed by atoms with van der Waals surface area (Å²) in [5, 5.41) is 14.1. The van der Waals surface area contributed by atoms with E-state index in [1.165, 1.54) is 6.07 Å². The molecule has 0 bridgehead atoms. The Morgan fingerprint density at radius 1 is 1.29 bits per heavy atom. The largest absolute Gasteiger partial charge is 0.454 e. The molecule has 21 heavy (non-hydrogen) atoms. The second-order valence-corrected chi connectivity index (χ2v) is 4.82. The van der Waals surface area contributed by atoms with Crippen LogP contribution in [-0.4, -0.2) is 11.7 Å². The summed E-state index contributed by atoms with van der Waals surface area (Å²) in [4.78, 5) is 10.5. The predicted molar refractivity (Wildman–Crippen MR) is 77.7 cm³/mol. The molecule has 0 saturated carbocycles. The molecule has 0 saturated heterocycles. The van der Waals surface area contributed by atoms with E-state index in [-0.39, 0.29) is 12.5 Å². The van der Waals surface area contributed by atoms with Gasteiger partial charge in [-0.2, -0.15) is 0 Å². The van der Waals surface area contributed by atoms with Gasteiger partial charge < -0.3 is 14.8 Å². The molecule has 0 atom stereocenters. The Morgan fingerprint density at radius 3 is 2.95 bits per heavy atom. The van der Waals surface area contributed by atoms with Crippen molar-refractivity contribution in [1.29, 1.82) is 0 Å². The fourth-order valence-corrected chi connectivity index (χ4v) is 2.30. The lowest BCUT2D eigenvalue weighted by molar-refractivity contribution is -0.384. The van der Waals surface area contributed by atoms with Crippen LogP contribution in [0.3, 0.4) is 0 Å². The van der Waals surface area contributed by atoms with Gasteiger partial charge in [0.2, 0.25) is 6.79 Å². The van der Waals surface area contributed by atoms with E-state index in [2.05, 4.69) is 5.32 Å². The normalized spacial score (nSPS) is 12.2. The number of nitro benzene ring substituents is 1. The highest BCUT2D eigenvalue weighted by Gasteiger charge is 2.17. The van der Waals surface area contributed by atoms with Gasteiger partial charge in [-0.3, -0.25) is 10.1 Å². The van der Waals surface area contributed by atoms with Crippen molar-refractivity contribution in [2.75, 3.05) is 12.1 Å². The highest BCUT2D eigenvalue weighted by Crippen LogP contribution is 2.35. The number of fused-ring (bicyclic) bond motifs is 1. The fourth-order valence-electron chi connectivity index (χ4n) is 2.30. The molecule has 108 valence electrons. The molecule has 0 amide bonds. The highest BCUT2D eigenvalue weighted by atomic mass is 16.7. The molecular formula is C15H14N2O4. The van der Waals surface area contributed by atoms with Crippen molar-refractivity contribution in [2.24, 2.45) is 0 Å². The van der Waals surface area contributed by atoms with E-state index in [0.717, 1.165) is 22.6 Å². The molecule has 1 aliphatic heterocycles. The number of hydrogen-bond donors (Lipinski definition) is 1. The number of aryl methyl sites for hydroxylation is 1. The van der Waals surface area contributed by atoms with E-state index < -0.39 is 4.92 Å². The average Bonchev–Trinajstić information content (AvgIpc) is 2.93. The molecule has 0 aliphatic carbocycles. The second-order valence-electron chi connectivity index (χ2n) is 4.82. The molecule has 2 aromatic rings. The molecule has 6 heteroatoms. The number of non-ortho nitro benzene ring substituents is 1. The minimum absolute atomic E-state index is 0.0790. The first kappa shape index (κ1) is 13.2. The van der Waals surface area contributed by atoms with E-state index in [9.17, 15) is 10.1 Å². The van der Waals surface area contributed by atoms with Crippen LogP contribution in [0.25, 0.3) is 0 Å². The van der Waals surface area contributed by atoms with Crippen LogP contribution in [0.15, 0.2) is 36.4 Å². The van der Waals surface area contributed by atoms with Crippen LogP contribution in [0.5, 0.6) is 11.5 Å². The quantitative estimate of drug-likeness (QED) is 0.690. The smallest absolute Gasteiger partial charge is 0.271 e. The Balaban J connectivity index is 1.79. The first-order valence-electron chi connectivity index (χ1n) is 6.51. The van der Waals surface area contributed by atoms with Gasteiger partial charge in [0.15, 0.2) is 11.5 Å². The standard InChI is InChI=1S/C15H14N2O4/c1-10-5-12(7-13(6-10)17(18)19)16-8-11-3-2-4-14-15(11)21-9-20-14/h2-7,16H,8-9H2,1H3. The van der Waals surface area contributed by atoms with Crippen LogP contribution in [0.4, 0.5) is 11.4 Å². The number of rotatable bonds is 4. The van der Waals surface area contributed by atoms with Crippen molar-refractivity contribution in [2.45, 2.75) is 13.5 Å². The Labute approximate surface area is 121 Å². The summed E-state index contributed by atoms with van der Waals surface area (Å²) in [6, 6.07) is 10.6. The fraction of sp³-hybridized carbons (Fsp3) is 0.200. The van der Waals surface area contributed by atoms with Gasteiger partial charge in [-0.25, -0.2) is 0 Å². The average molecular weight is 286 g/mol. The molecular weight excluding hydrogens is 272 g/mol. The Bertz CT molecular complexity index is 700. The monoisotopic (exact) mass is 286 g/mol. The zero-order valence-corrected chi connectivity index (χ0v) is 11.5. The van der Waals surface area contributed by atoms with Gasteiger partial charge in [-0.15, -0.1) is 0 Å². The molecule has 1 N–H and O–H groups in total. The van der Waals surface area contributed by atoms with E-state index in [4.69, 9.17) is 9.47 Å². The number of nitrogens with zero attached hydrogens (tertiary/aromatic N) is 1. The second kappa shape index (κ2) is 5.32. The van der Waals surface area contributed by atoms with Crippen molar-refractivity contribution in [3.8, 4) is 11.5 Å². The van der Waals surface area contributed by atoms with E-state index in [1.807, 2.05) is 31.2 Å². The summed E-state index contributed by atoms with van der Waals surface area (Å²) < 4.78 is 10.8. The summed E-state index contributed by atoms with van der Waals surface area (Å²) in [6.45, 7) is 2.56. The first-order valence-corrected chi connectivity index (χ1v) is 6.51. The Hall–Kier alpha value is -2.76. The minimum Gasteiger partial charge on any atom is -0.454 e. The van der Waals surface area contributed by atoms with Crippen LogP contribution in [0.2, 0.25) is 0 Å². The maximum absolute atomic E-state index is 10.9. The molecule has 0 aromatic heterocycles. The molecule has 0 fully saturated rings. The number of para-hydroxylation sites is 1. The zero-order valence-electron chi connectivity index (χ0n) is 11.5. The third-order valence-corrected chi connectivity index (χ3v) is 3.23. The van der Waals surface area contributed by atoms with Crippen LogP contribution < -0.4 is 14.8 Å². The SMILES string of the molecule is Cc1cc(NCc2cccc3c2OCO3)cc([N+](=O)[O-])c1. The molecule has 2 aromatic carbocycles. The van der Waals surface area contributed by atoms with Gasteiger partial charge in [0.25, 0.3) is 5.69 Å². The number of nitro groups is 1. The summed E-state index contributed by atoms with van der Waals surface area (Å²) in [6.07, 6.45) is 0. The molecule has 3 rings (SSSR count). The van der Waals surface area contributed by atoms with E-state index >= 15 is 0 Å². The summed E-state index contributed by atoms with van der Waals surface area (Å²) >= 11 is 0. The number of ether oxygens (including phenoxy) is 2.